The summed E-state index contributed by atoms with van der Waals surface area (Å²) >= 11 is 1.68. The smallest absolute Gasteiger partial charge is 0.116 e. The quantitative estimate of drug-likeness (QED) is 0.162. The molecule has 0 fully saturated rings. The Balaban J connectivity index is 0.000000106. The molecule has 0 aliphatic carbocycles. The van der Waals surface area contributed by atoms with Crippen molar-refractivity contribution in [2.24, 2.45) is 0 Å². The van der Waals surface area contributed by atoms with Gasteiger partial charge in [-0.2, -0.15) is 0 Å². The van der Waals surface area contributed by atoms with Crippen molar-refractivity contribution in [2.45, 2.75) is 0 Å². The Morgan fingerprint density at radius 3 is 1.59 bits per heavy atom. The summed E-state index contributed by atoms with van der Waals surface area (Å²) in [6.45, 7) is 0. The van der Waals surface area contributed by atoms with Gasteiger partial charge in [-0.1, -0.05) is 103 Å². The summed E-state index contributed by atoms with van der Waals surface area (Å²) in [5.74, 6) is 0. The summed E-state index contributed by atoms with van der Waals surface area (Å²) in [4.78, 5) is 35.6. The summed E-state index contributed by atoms with van der Waals surface area (Å²) in [6, 6.07) is 54.1. The van der Waals surface area contributed by atoms with E-state index >= 15 is 0 Å². The second kappa shape index (κ2) is 20.7. The van der Waals surface area contributed by atoms with Crippen LogP contribution in [0, 0.1) is 0 Å². The Morgan fingerprint density at radius 2 is 0.897 bits per heavy atom. The van der Waals surface area contributed by atoms with E-state index in [1.54, 1.807) is 36.4 Å². The number of para-hydroxylation sites is 7. The molecule has 58 heavy (non-hydrogen) atoms. The lowest BCUT2D eigenvalue weighted by Gasteiger charge is -1.91. The molecule has 0 bridgehead atoms. The molecule has 9 nitrogen and oxygen atoms in total. The molecular weight excluding hydrogens is 735 g/mol. The van der Waals surface area contributed by atoms with E-state index in [9.17, 15) is 0 Å². The van der Waals surface area contributed by atoms with E-state index in [1.807, 2.05) is 164 Å². The maximum atomic E-state index is 4.18. The number of benzene rings is 6. The molecule has 0 spiro atoms. The van der Waals surface area contributed by atoms with Crippen molar-refractivity contribution < 1.29 is 0 Å². The van der Waals surface area contributed by atoms with Gasteiger partial charge in [0.2, 0.25) is 0 Å². The molecule has 0 aliphatic rings. The van der Waals surface area contributed by atoms with Crippen molar-refractivity contribution >= 4 is 76.2 Å². The number of aromatic nitrogens is 9. The van der Waals surface area contributed by atoms with Gasteiger partial charge < -0.3 is 4.98 Å². The highest BCUT2D eigenvalue weighted by Gasteiger charge is 1.92. The van der Waals surface area contributed by atoms with Crippen LogP contribution in [0.4, 0.5) is 0 Å². The lowest BCUT2D eigenvalue weighted by atomic mass is 10.2. The zero-order valence-corrected chi connectivity index (χ0v) is 32.1. The van der Waals surface area contributed by atoms with Gasteiger partial charge in [-0.25, -0.2) is 19.9 Å². The molecule has 6 aromatic heterocycles. The Kier molecular flexibility index (Phi) is 13.8. The monoisotopic (exact) mass is 771 g/mol. The van der Waals surface area contributed by atoms with Crippen molar-refractivity contribution in [3.8, 4) is 0 Å². The minimum absolute atomic E-state index is 0.949. The second-order valence-corrected chi connectivity index (χ2v) is 13.2. The predicted octanol–water partition coefficient (Wildman–Crippen LogP) is 11.6. The third-order valence-electron chi connectivity index (χ3n) is 8.42. The van der Waals surface area contributed by atoms with Crippen LogP contribution in [0.2, 0.25) is 0 Å². The number of aromatic amines is 1. The topological polar surface area (TPSA) is 119 Å². The molecular formula is C48H37N9S. The van der Waals surface area contributed by atoms with Gasteiger partial charge in [0.15, 0.2) is 0 Å². The first kappa shape index (κ1) is 38.5. The second-order valence-electron chi connectivity index (χ2n) is 12.3. The molecule has 6 aromatic carbocycles. The van der Waals surface area contributed by atoms with E-state index in [2.05, 4.69) is 75.2 Å². The molecule has 0 amide bonds. The number of rotatable bonds is 0. The molecule has 12 rings (SSSR count). The first-order chi connectivity index (χ1) is 28.8. The average Bonchev–Trinajstić information content (AvgIpc) is 4.01. The van der Waals surface area contributed by atoms with Crippen LogP contribution in [0.1, 0.15) is 0 Å². The fourth-order valence-corrected chi connectivity index (χ4v) is 6.24. The molecule has 0 saturated heterocycles. The van der Waals surface area contributed by atoms with Crippen molar-refractivity contribution in [1.82, 2.24) is 44.9 Å². The van der Waals surface area contributed by atoms with Crippen LogP contribution in [0.15, 0.2) is 219 Å². The molecule has 6 heterocycles. The fraction of sp³-hybridized carbons (Fsp3) is 0. The number of nitrogens with zero attached hydrogens (tertiary/aromatic N) is 8. The Bertz CT molecular complexity index is 2400. The lowest BCUT2D eigenvalue weighted by Crippen LogP contribution is -1.78. The predicted molar refractivity (Wildman–Crippen MR) is 238 cm³/mol. The summed E-state index contributed by atoms with van der Waals surface area (Å²) < 4.78 is 1.26. The number of imidazole rings is 1. The van der Waals surface area contributed by atoms with E-state index < -0.39 is 0 Å². The first-order valence-electron chi connectivity index (χ1n) is 18.4. The first-order valence-corrected chi connectivity index (χ1v) is 19.2. The molecule has 0 atom stereocenters. The van der Waals surface area contributed by atoms with E-state index in [0.29, 0.717) is 0 Å². The van der Waals surface area contributed by atoms with Gasteiger partial charge in [-0.05, 0) is 71.4 Å². The van der Waals surface area contributed by atoms with Crippen LogP contribution < -0.4 is 0 Å². The number of thiazole rings is 1. The molecule has 1 N–H and O–H groups in total. The third-order valence-corrected chi connectivity index (χ3v) is 9.23. The maximum absolute atomic E-state index is 4.18. The third kappa shape index (κ3) is 11.1. The number of pyridine rings is 2. The Hall–Kier alpha value is -7.82. The van der Waals surface area contributed by atoms with E-state index in [0.717, 1.165) is 44.0 Å². The summed E-state index contributed by atoms with van der Waals surface area (Å²) in [5.41, 5.74) is 9.04. The van der Waals surface area contributed by atoms with Crippen molar-refractivity contribution in [3.05, 3.63) is 219 Å². The highest BCUT2D eigenvalue weighted by atomic mass is 32.1. The van der Waals surface area contributed by atoms with Gasteiger partial charge >= 0.3 is 0 Å². The van der Waals surface area contributed by atoms with Crippen molar-refractivity contribution in [3.63, 3.8) is 0 Å². The van der Waals surface area contributed by atoms with Crippen LogP contribution in [0.25, 0.3) is 64.9 Å². The van der Waals surface area contributed by atoms with E-state index in [-0.39, 0.29) is 0 Å². The van der Waals surface area contributed by atoms with E-state index in [1.165, 1.54) is 20.9 Å². The molecule has 10 heteroatoms. The van der Waals surface area contributed by atoms with Crippen LogP contribution in [-0.4, -0.2) is 44.9 Å². The minimum atomic E-state index is 0.949. The summed E-state index contributed by atoms with van der Waals surface area (Å²) in [6.07, 6.45) is 13.9. The summed E-state index contributed by atoms with van der Waals surface area (Å²) in [7, 11) is 0. The number of hydrogen-bond acceptors (Lipinski definition) is 9. The highest BCUT2D eigenvalue weighted by Crippen LogP contribution is 2.15. The molecule has 280 valence electrons. The van der Waals surface area contributed by atoms with Gasteiger partial charge in [0.25, 0.3) is 0 Å². The Labute approximate surface area is 338 Å². The fourth-order valence-electron chi connectivity index (χ4n) is 5.56. The van der Waals surface area contributed by atoms with Crippen molar-refractivity contribution in [2.75, 3.05) is 0 Å². The van der Waals surface area contributed by atoms with Gasteiger partial charge in [-0.3, -0.25) is 19.9 Å². The zero-order valence-electron chi connectivity index (χ0n) is 31.3. The van der Waals surface area contributed by atoms with Crippen LogP contribution in [0.5, 0.6) is 0 Å². The van der Waals surface area contributed by atoms with Gasteiger partial charge in [0.1, 0.15) is 6.33 Å². The van der Waals surface area contributed by atoms with Gasteiger partial charge in [0.05, 0.1) is 55.2 Å². The minimum Gasteiger partial charge on any atom is -0.345 e. The largest absolute Gasteiger partial charge is 0.345 e. The van der Waals surface area contributed by atoms with Crippen LogP contribution in [-0.2, 0) is 0 Å². The molecule has 12 aromatic rings. The standard InChI is InChI=1S/2C9H7N.2C8H6N2.C7H6N2.C7H5NS/c1-2-6-9-8(4-1)5-3-7-10-9;1-2-4-9-7-10-6-5-8(9)3-1;1-2-4-8-7(3-1)5-9-6-10-8;1-2-4-8-7(3-1)9-5-6-10-8;2*1-2-4-7-6(3-1)8-5-9-7/h2*1-7H;2*1-6H;1-5H,(H,8,9);1-5H. The SMILES string of the molecule is c1ccc2[nH]cnc2c1.c1ccc2cnccc2c1.c1ccc2ncccc2c1.c1ccc2nccnc2c1.c1ccc2ncncc2c1.c1ccc2scnc2c1. The summed E-state index contributed by atoms with van der Waals surface area (Å²) in [5, 5.41) is 4.73. The zero-order chi connectivity index (χ0) is 39.5. The molecule has 0 radical (unpaired) electrons. The maximum Gasteiger partial charge on any atom is 0.116 e. The number of H-pyrrole nitrogens is 1. The molecule has 0 aliphatic heterocycles. The normalized spacial score (nSPS) is 10.1. The van der Waals surface area contributed by atoms with Crippen LogP contribution >= 0.6 is 11.3 Å². The van der Waals surface area contributed by atoms with E-state index in [4.69, 9.17) is 0 Å². The van der Waals surface area contributed by atoms with Crippen LogP contribution in [0.3, 0.4) is 0 Å². The Morgan fingerprint density at radius 1 is 0.345 bits per heavy atom. The number of hydrogen-bond donors (Lipinski definition) is 1. The molecule has 0 saturated carbocycles. The number of fused-ring (bicyclic) bond motifs is 6. The molecule has 0 unspecified atom stereocenters. The highest BCUT2D eigenvalue weighted by molar-refractivity contribution is 7.16. The lowest BCUT2D eigenvalue weighted by molar-refractivity contribution is 1.22. The average molecular weight is 772 g/mol. The van der Waals surface area contributed by atoms with Crippen molar-refractivity contribution in [1.29, 1.82) is 0 Å². The number of nitrogens with one attached hydrogen (secondary N) is 1. The van der Waals surface area contributed by atoms with Gasteiger partial charge in [0, 0.05) is 48.0 Å². The van der Waals surface area contributed by atoms with Gasteiger partial charge in [-0.15, -0.1) is 11.3 Å².